The highest BCUT2D eigenvalue weighted by Crippen LogP contribution is 2.36. The molecule has 0 bridgehead atoms. The van der Waals surface area contributed by atoms with Crippen LogP contribution in [0, 0.1) is 0 Å². The molecule has 0 radical (unpaired) electrons. The van der Waals surface area contributed by atoms with Gasteiger partial charge in [0.25, 0.3) is 5.91 Å². The van der Waals surface area contributed by atoms with E-state index in [9.17, 15) is 36.2 Å². The third-order valence-corrected chi connectivity index (χ3v) is 5.84. The van der Waals surface area contributed by atoms with Crippen LogP contribution in [0.15, 0.2) is 42.9 Å². The van der Waals surface area contributed by atoms with Crippen molar-refractivity contribution in [2.75, 3.05) is 26.3 Å². The fourth-order valence-corrected chi connectivity index (χ4v) is 3.86. The molecule has 3 aromatic rings. The second kappa shape index (κ2) is 10.7. The average molecular weight is 544 g/mol. The Hall–Kier alpha value is -3.56. The lowest BCUT2D eigenvalue weighted by molar-refractivity contribution is -0.143. The number of morpholine rings is 1. The molecule has 1 amide bonds. The summed E-state index contributed by atoms with van der Waals surface area (Å²) in [7, 11) is 0. The van der Waals surface area contributed by atoms with Gasteiger partial charge < -0.3 is 15.2 Å². The number of aliphatic hydroxyl groups is 1. The summed E-state index contributed by atoms with van der Waals surface area (Å²) >= 11 is 0. The highest BCUT2D eigenvalue weighted by Gasteiger charge is 2.37. The molecule has 1 aromatic carbocycles. The molecule has 15 heteroatoms. The molecule has 1 aliphatic rings. The lowest BCUT2D eigenvalue weighted by Gasteiger charge is -2.31. The molecular formula is C23H22F6N6O3. The number of alkyl halides is 6. The van der Waals surface area contributed by atoms with Crippen LogP contribution in [0.2, 0.25) is 0 Å². The number of hydrogen-bond donors (Lipinski definition) is 2. The van der Waals surface area contributed by atoms with Crippen molar-refractivity contribution in [1.82, 2.24) is 30.0 Å². The molecule has 0 spiro atoms. The van der Waals surface area contributed by atoms with Crippen molar-refractivity contribution in [3.8, 4) is 5.82 Å². The predicted octanol–water partition coefficient (Wildman–Crippen LogP) is 3.51. The first-order chi connectivity index (χ1) is 17.8. The number of nitrogens with zero attached hydrogens (tertiary/aromatic N) is 5. The fourth-order valence-electron chi connectivity index (χ4n) is 3.86. The topological polar surface area (TPSA) is 105 Å². The Morgan fingerprint density at radius 3 is 2.21 bits per heavy atom. The molecule has 0 saturated carbocycles. The van der Waals surface area contributed by atoms with Gasteiger partial charge in [-0.25, -0.2) is 9.97 Å². The molecular weight excluding hydrogens is 522 g/mol. The molecule has 1 unspecified atom stereocenters. The molecule has 1 aliphatic heterocycles. The van der Waals surface area contributed by atoms with E-state index in [0.717, 1.165) is 6.33 Å². The van der Waals surface area contributed by atoms with Crippen LogP contribution in [0.1, 0.15) is 52.1 Å². The molecule has 9 nitrogen and oxygen atoms in total. The zero-order chi connectivity index (χ0) is 27.7. The van der Waals surface area contributed by atoms with Crippen molar-refractivity contribution in [3.05, 3.63) is 70.9 Å². The number of nitrogens with one attached hydrogen (secondary N) is 1. The van der Waals surface area contributed by atoms with Crippen molar-refractivity contribution in [3.63, 3.8) is 0 Å². The van der Waals surface area contributed by atoms with Crippen molar-refractivity contribution in [2.45, 2.75) is 31.5 Å². The van der Waals surface area contributed by atoms with Crippen LogP contribution in [0.4, 0.5) is 26.3 Å². The summed E-state index contributed by atoms with van der Waals surface area (Å²) < 4.78 is 85.5. The van der Waals surface area contributed by atoms with Crippen LogP contribution in [-0.2, 0) is 17.1 Å². The van der Waals surface area contributed by atoms with E-state index in [4.69, 9.17) is 4.74 Å². The summed E-state index contributed by atoms with van der Waals surface area (Å²) in [5, 5.41) is 17.0. The second-order valence-electron chi connectivity index (χ2n) is 8.49. The van der Waals surface area contributed by atoms with Gasteiger partial charge in [-0.3, -0.25) is 9.69 Å². The van der Waals surface area contributed by atoms with Crippen LogP contribution >= 0.6 is 0 Å². The summed E-state index contributed by atoms with van der Waals surface area (Å²) in [6.45, 7) is 3.51. The maximum absolute atomic E-state index is 13.2. The maximum atomic E-state index is 13.2. The number of amides is 1. The molecule has 204 valence electrons. The molecule has 1 fully saturated rings. The zero-order valence-corrected chi connectivity index (χ0v) is 19.8. The van der Waals surface area contributed by atoms with Gasteiger partial charge in [-0.15, -0.1) is 0 Å². The van der Waals surface area contributed by atoms with E-state index >= 15 is 0 Å². The van der Waals surface area contributed by atoms with Gasteiger partial charge in [0.15, 0.2) is 11.6 Å². The van der Waals surface area contributed by atoms with Crippen LogP contribution in [0.3, 0.4) is 0 Å². The van der Waals surface area contributed by atoms with Gasteiger partial charge in [0, 0.05) is 30.4 Å². The number of hydrogen-bond acceptors (Lipinski definition) is 7. The third kappa shape index (κ3) is 6.11. The van der Waals surface area contributed by atoms with Gasteiger partial charge in [-0.1, -0.05) is 0 Å². The first kappa shape index (κ1) is 27.5. The first-order valence-corrected chi connectivity index (χ1v) is 11.3. The number of carbonyl (C=O) groups excluding carboxylic acids is 1. The highest BCUT2D eigenvalue weighted by atomic mass is 19.4. The minimum absolute atomic E-state index is 0.0534. The Balaban J connectivity index is 1.53. The SMILES string of the molecule is C[C@H](NC(=O)c1cc(C(F)(F)F)cc(C(F)(F)F)c1)c1ncnn1-c1ccc(C(O)N2CCOCC2)cn1. The smallest absolute Gasteiger partial charge is 0.379 e. The molecule has 4 rings (SSSR count). The van der Waals surface area contributed by atoms with Gasteiger partial charge in [-0.05, 0) is 37.3 Å². The second-order valence-corrected chi connectivity index (χ2v) is 8.49. The normalized spacial score (nSPS) is 16.7. The number of halogens is 6. The van der Waals surface area contributed by atoms with Crippen molar-refractivity contribution >= 4 is 5.91 Å². The lowest BCUT2D eigenvalue weighted by Crippen LogP contribution is -2.39. The molecule has 0 aliphatic carbocycles. The van der Waals surface area contributed by atoms with E-state index in [0.29, 0.717) is 44.0 Å². The fraction of sp³-hybridized carbons (Fsp3) is 0.391. The molecule has 2 aromatic heterocycles. The summed E-state index contributed by atoms with van der Waals surface area (Å²) in [5.74, 6) is -0.786. The standard InChI is InChI=1S/C23H22F6N6O3/c1-13(33-20(36)15-8-16(22(24,25)26)10-17(9-15)23(27,28)29)19-31-12-32-35(19)18-3-2-14(11-30-18)21(37)34-4-6-38-7-5-34/h2-3,8-13,21,37H,4-7H2,1H3,(H,33,36)/t13-,21?/m0/s1. The lowest BCUT2D eigenvalue weighted by atomic mass is 10.0. The molecule has 3 heterocycles. The molecule has 1 saturated heterocycles. The van der Waals surface area contributed by atoms with Crippen LogP contribution in [0.5, 0.6) is 0 Å². The quantitative estimate of drug-likeness (QED) is 0.458. The molecule has 2 N–H and O–H groups in total. The van der Waals surface area contributed by atoms with Crippen LogP contribution < -0.4 is 5.32 Å². The number of aromatic nitrogens is 4. The van der Waals surface area contributed by atoms with Crippen molar-refractivity contribution < 1.29 is 41.0 Å². The summed E-state index contributed by atoms with van der Waals surface area (Å²) in [6.07, 6.45) is -8.49. The maximum Gasteiger partial charge on any atom is 0.416 e. The highest BCUT2D eigenvalue weighted by molar-refractivity contribution is 5.94. The number of pyridine rings is 1. The predicted molar refractivity (Wildman–Crippen MR) is 119 cm³/mol. The van der Waals surface area contributed by atoms with E-state index in [-0.39, 0.29) is 17.7 Å². The van der Waals surface area contributed by atoms with E-state index < -0.39 is 47.2 Å². The van der Waals surface area contributed by atoms with E-state index in [1.807, 2.05) is 4.90 Å². The Kier molecular flexibility index (Phi) is 7.71. The third-order valence-electron chi connectivity index (χ3n) is 5.84. The van der Waals surface area contributed by atoms with Crippen molar-refractivity contribution in [1.29, 1.82) is 0 Å². The van der Waals surface area contributed by atoms with Gasteiger partial charge >= 0.3 is 12.4 Å². The van der Waals surface area contributed by atoms with Crippen LogP contribution in [-0.4, -0.2) is 62.0 Å². The number of aliphatic hydroxyl groups excluding tert-OH is 1. The van der Waals surface area contributed by atoms with Crippen LogP contribution in [0.25, 0.3) is 5.82 Å². The zero-order valence-electron chi connectivity index (χ0n) is 19.8. The first-order valence-electron chi connectivity index (χ1n) is 11.3. The molecule has 38 heavy (non-hydrogen) atoms. The Morgan fingerprint density at radius 2 is 1.66 bits per heavy atom. The number of ether oxygens (including phenoxy) is 1. The van der Waals surface area contributed by atoms with E-state index in [1.54, 1.807) is 12.1 Å². The Labute approximate surface area is 212 Å². The van der Waals surface area contributed by atoms with Gasteiger partial charge in [-0.2, -0.15) is 36.1 Å². The van der Waals surface area contributed by atoms with Gasteiger partial charge in [0.1, 0.15) is 12.6 Å². The average Bonchev–Trinajstić information content (AvgIpc) is 3.38. The Bertz CT molecular complexity index is 1240. The summed E-state index contributed by atoms with van der Waals surface area (Å²) in [6, 6.07) is 2.84. The number of carbonyl (C=O) groups is 1. The summed E-state index contributed by atoms with van der Waals surface area (Å²) in [4.78, 5) is 22.8. The van der Waals surface area contributed by atoms with Gasteiger partial charge in [0.2, 0.25) is 0 Å². The molecule has 2 atom stereocenters. The monoisotopic (exact) mass is 544 g/mol. The largest absolute Gasteiger partial charge is 0.416 e. The van der Waals surface area contributed by atoms with Crippen molar-refractivity contribution in [2.24, 2.45) is 0 Å². The number of rotatable bonds is 6. The van der Waals surface area contributed by atoms with E-state index in [1.165, 1.54) is 17.8 Å². The minimum Gasteiger partial charge on any atom is -0.379 e. The van der Waals surface area contributed by atoms with E-state index in [2.05, 4.69) is 20.4 Å². The Morgan fingerprint density at radius 1 is 1.03 bits per heavy atom. The summed E-state index contributed by atoms with van der Waals surface area (Å²) in [5.41, 5.74) is -3.50. The number of benzene rings is 1. The van der Waals surface area contributed by atoms with Gasteiger partial charge in [0.05, 0.1) is 30.4 Å². The minimum atomic E-state index is -5.09.